The largest absolute Gasteiger partial charge is 0.325 e. The van der Waals surface area contributed by atoms with Crippen LogP contribution < -0.4 is 10.6 Å². The Morgan fingerprint density at radius 3 is 2.39 bits per heavy atom. The first kappa shape index (κ1) is 17.2. The maximum atomic E-state index is 12.0. The summed E-state index contributed by atoms with van der Waals surface area (Å²) >= 11 is 3.42. The first-order chi connectivity index (χ1) is 11.1. The zero-order valence-electron chi connectivity index (χ0n) is 12.8. The van der Waals surface area contributed by atoms with E-state index in [2.05, 4.69) is 33.5 Å². The smallest absolute Gasteiger partial charge is 0.238 e. The average molecular weight is 372 g/mol. The molecule has 0 aliphatic heterocycles. The molecule has 0 aliphatic rings. The molecule has 1 atom stereocenters. The zero-order valence-corrected chi connectivity index (χ0v) is 14.4. The Labute approximate surface area is 144 Å². The van der Waals surface area contributed by atoms with Gasteiger partial charge in [-0.3, -0.25) is 4.79 Å². The third-order valence-corrected chi connectivity index (χ3v) is 4.02. The van der Waals surface area contributed by atoms with Gasteiger partial charge >= 0.3 is 0 Å². The standard InChI is InChI=1S/C18H18BrN3O/c1-2-17(14-5-7-15(19)8-6-14)21-12-18(23)22-16-9-3-13(11-20)4-10-16/h3-10,17,21H,2,12H2,1H3,(H,22,23)/t17-/m1/s1. The Balaban J connectivity index is 1.89. The summed E-state index contributed by atoms with van der Waals surface area (Å²) < 4.78 is 1.04. The molecule has 0 bridgehead atoms. The fourth-order valence-electron chi connectivity index (χ4n) is 2.24. The molecule has 0 radical (unpaired) electrons. The van der Waals surface area contributed by atoms with Crippen LogP contribution in [0.2, 0.25) is 0 Å². The number of benzene rings is 2. The summed E-state index contributed by atoms with van der Waals surface area (Å²) in [5.74, 6) is -0.106. The predicted molar refractivity (Wildman–Crippen MR) is 95.0 cm³/mol. The molecule has 0 unspecified atom stereocenters. The number of nitriles is 1. The molecule has 1 amide bonds. The molecular formula is C18H18BrN3O. The van der Waals surface area contributed by atoms with E-state index in [4.69, 9.17) is 5.26 Å². The Morgan fingerprint density at radius 1 is 1.17 bits per heavy atom. The molecule has 2 aromatic carbocycles. The van der Waals surface area contributed by atoms with Gasteiger partial charge in [0.25, 0.3) is 0 Å². The van der Waals surface area contributed by atoms with Crippen molar-refractivity contribution in [2.75, 3.05) is 11.9 Å². The van der Waals surface area contributed by atoms with Gasteiger partial charge in [-0.15, -0.1) is 0 Å². The van der Waals surface area contributed by atoms with E-state index in [1.54, 1.807) is 24.3 Å². The first-order valence-electron chi connectivity index (χ1n) is 7.41. The van der Waals surface area contributed by atoms with Crippen molar-refractivity contribution in [3.05, 3.63) is 64.1 Å². The van der Waals surface area contributed by atoms with Crippen molar-refractivity contribution in [2.45, 2.75) is 19.4 Å². The molecule has 0 fully saturated rings. The highest BCUT2D eigenvalue weighted by Gasteiger charge is 2.11. The molecule has 0 heterocycles. The lowest BCUT2D eigenvalue weighted by molar-refractivity contribution is -0.115. The number of carbonyl (C=O) groups is 1. The van der Waals surface area contributed by atoms with Crippen LogP contribution in [0, 0.1) is 11.3 Å². The van der Waals surface area contributed by atoms with E-state index in [-0.39, 0.29) is 18.5 Å². The molecule has 2 N–H and O–H groups in total. The highest BCUT2D eigenvalue weighted by atomic mass is 79.9. The van der Waals surface area contributed by atoms with Crippen LogP contribution in [0.25, 0.3) is 0 Å². The molecule has 2 rings (SSSR count). The van der Waals surface area contributed by atoms with Gasteiger partial charge in [-0.25, -0.2) is 0 Å². The minimum absolute atomic E-state index is 0.106. The van der Waals surface area contributed by atoms with Crippen molar-refractivity contribution >= 4 is 27.5 Å². The van der Waals surface area contributed by atoms with E-state index in [1.165, 1.54) is 0 Å². The molecule has 118 valence electrons. The maximum Gasteiger partial charge on any atom is 0.238 e. The summed E-state index contributed by atoms with van der Waals surface area (Å²) in [6.45, 7) is 2.31. The molecule has 23 heavy (non-hydrogen) atoms. The van der Waals surface area contributed by atoms with E-state index in [9.17, 15) is 4.79 Å². The maximum absolute atomic E-state index is 12.0. The molecule has 0 saturated carbocycles. The molecule has 2 aromatic rings. The highest BCUT2D eigenvalue weighted by Crippen LogP contribution is 2.19. The van der Waals surface area contributed by atoms with Gasteiger partial charge in [-0.2, -0.15) is 5.26 Å². The predicted octanol–water partition coefficient (Wildman–Crippen LogP) is 4.00. The van der Waals surface area contributed by atoms with Gasteiger partial charge in [0.2, 0.25) is 5.91 Å². The van der Waals surface area contributed by atoms with E-state index in [1.807, 2.05) is 30.3 Å². The molecule has 0 spiro atoms. The van der Waals surface area contributed by atoms with Gasteiger partial charge in [0.15, 0.2) is 0 Å². The third-order valence-electron chi connectivity index (χ3n) is 3.49. The van der Waals surface area contributed by atoms with Gasteiger partial charge in [-0.1, -0.05) is 35.0 Å². The van der Waals surface area contributed by atoms with Crippen molar-refractivity contribution in [1.29, 1.82) is 5.26 Å². The quantitative estimate of drug-likeness (QED) is 0.806. The van der Waals surface area contributed by atoms with Crippen molar-refractivity contribution in [3.8, 4) is 6.07 Å². The topological polar surface area (TPSA) is 64.9 Å². The minimum Gasteiger partial charge on any atom is -0.325 e. The minimum atomic E-state index is -0.106. The van der Waals surface area contributed by atoms with Crippen molar-refractivity contribution in [2.24, 2.45) is 0 Å². The number of nitrogens with one attached hydrogen (secondary N) is 2. The number of nitrogens with zero attached hydrogens (tertiary/aromatic N) is 1. The zero-order chi connectivity index (χ0) is 16.7. The van der Waals surface area contributed by atoms with E-state index in [0.29, 0.717) is 11.3 Å². The lowest BCUT2D eigenvalue weighted by Crippen LogP contribution is -2.31. The number of halogens is 1. The van der Waals surface area contributed by atoms with Crippen LogP contribution in [0.4, 0.5) is 5.69 Å². The average Bonchev–Trinajstić information content (AvgIpc) is 2.57. The summed E-state index contributed by atoms with van der Waals surface area (Å²) in [5, 5.41) is 14.8. The monoisotopic (exact) mass is 371 g/mol. The van der Waals surface area contributed by atoms with E-state index in [0.717, 1.165) is 16.5 Å². The van der Waals surface area contributed by atoms with Crippen LogP contribution in [-0.2, 0) is 4.79 Å². The lowest BCUT2D eigenvalue weighted by Gasteiger charge is -2.17. The molecule has 0 aromatic heterocycles. The van der Waals surface area contributed by atoms with Crippen LogP contribution >= 0.6 is 15.9 Å². The first-order valence-corrected chi connectivity index (χ1v) is 8.20. The van der Waals surface area contributed by atoms with Gasteiger partial charge < -0.3 is 10.6 Å². The number of rotatable bonds is 6. The Kier molecular flexibility index (Phi) is 6.33. The molecule has 0 saturated heterocycles. The molecule has 5 heteroatoms. The molecule has 0 aliphatic carbocycles. The van der Waals surface area contributed by atoms with E-state index >= 15 is 0 Å². The second kappa shape index (κ2) is 8.47. The van der Waals surface area contributed by atoms with Crippen molar-refractivity contribution in [1.82, 2.24) is 5.32 Å². The molecule has 4 nitrogen and oxygen atoms in total. The summed E-state index contributed by atoms with van der Waals surface area (Å²) in [5.41, 5.74) is 2.41. The summed E-state index contributed by atoms with van der Waals surface area (Å²) in [7, 11) is 0. The van der Waals surface area contributed by atoms with Crippen molar-refractivity contribution < 1.29 is 4.79 Å². The summed E-state index contributed by atoms with van der Waals surface area (Å²) in [6, 6.07) is 17.1. The number of amides is 1. The highest BCUT2D eigenvalue weighted by molar-refractivity contribution is 9.10. The summed E-state index contributed by atoms with van der Waals surface area (Å²) in [4.78, 5) is 12.0. The third kappa shape index (κ3) is 5.20. The summed E-state index contributed by atoms with van der Waals surface area (Å²) in [6.07, 6.45) is 0.895. The SMILES string of the molecule is CC[C@@H](NCC(=O)Nc1ccc(C#N)cc1)c1ccc(Br)cc1. The second-order valence-corrected chi connectivity index (χ2v) is 6.05. The van der Waals surface area contributed by atoms with Crippen LogP contribution in [0.1, 0.15) is 30.5 Å². The van der Waals surface area contributed by atoms with E-state index < -0.39 is 0 Å². The Bertz CT molecular complexity index is 690. The van der Waals surface area contributed by atoms with Gasteiger partial charge in [0.05, 0.1) is 18.2 Å². The van der Waals surface area contributed by atoms with Crippen LogP contribution in [0.5, 0.6) is 0 Å². The number of carbonyl (C=O) groups excluding carboxylic acids is 1. The Hall–Kier alpha value is -2.16. The Morgan fingerprint density at radius 2 is 1.83 bits per heavy atom. The number of hydrogen-bond acceptors (Lipinski definition) is 3. The fraction of sp³-hybridized carbons (Fsp3) is 0.222. The number of anilines is 1. The fourth-order valence-corrected chi connectivity index (χ4v) is 2.51. The van der Waals surface area contributed by atoms with Crippen molar-refractivity contribution in [3.63, 3.8) is 0 Å². The normalized spacial score (nSPS) is 11.5. The number of hydrogen-bond donors (Lipinski definition) is 2. The van der Waals surface area contributed by atoms with Gasteiger partial charge in [-0.05, 0) is 48.4 Å². The van der Waals surface area contributed by atoms with Crippen LogP contribution in [0.15, 0.2) is 53.0 Å². The lowest BCUT2D eigenvalue weighted by atomic mass is 10.0. The van der Waals surface area contributed by atoms with Gasteiger partial charge in [0, 0.05) is 16.2 Å². The van der Waals surface area contributed by atoms with Crippen LogP contribution in [-0.4, -0.2) is 12.5 Å². The van der Waals surface area contributed by atoms with Gasteiger partial charge in [0.1, 0.15) is 0 Å². The second-order valence-electron chi connectivity index (χ2n) is 5.13. The molecular weight excluding hydrogens is 354 g/mol. The van der Waals surface area contributed by atoms with Crippen LogP contribution in [0.3, 0.4) is 0 Å².